The molecule has 5 nitrogen and oxygen atoms in total. The predicted octanol–water partition coefficient (Wildman–Crippen LogP) is 3.76. The van der Waals surface area contributed by atoms with Crippen molar-refractivity contribution >= 4 is 23.4 Å². The Morgan fingerprint density at radius 1 is 1.32 bits per heavy atom. The predicted molar refractivity (Wildman–Crippen MR) is 67.4 cm³/mol. The molecule has 98 valence electrons. The van der Waals surface area contributed by atoms with E-state index in [4.69, 9.17) is 21.4 Å². The van der Waals surface area contributed by atoms with E-state index in [-0.39, 0.29) is 16.6 Å². The normalized spacial score (nSPS) is 10.0. The summed E-state index contributed by atoms with van der Waals surface area (Å²) >= 11 is 5.68. The average Bonchev–Trinajstić information content (AvgIpc) is 2.32. The molecule has 1 aromatic carbocycles. The number of hydrogen-bond acceptors (Lipinski definition) is 3. The molecule has 7 heteroatoms. The Labute approximate surface area is 112 Å². The highest BCUT2D eigenvalue weighted by Crippen LogP contribution is 2.26. The summed E-state index contributed by atoms with van der Waals surface area (Å²) in [5.74, 6) is -0.117. The molecule has 2 rings (SSSR count). The molecule has 1 amide bonds. The maximum absolute atomic E-state index is 13.5. The van der Waals surface area contributed by atoms with Crippen molar-refractivity contribution in [3.63, 3.8) is 0 Å². The second-order valence-electron chi connectivity index (χ2n) is 3.49. The van der Waals surface area contributed by atoms with Crippen LogP contribution in [-0.4, -0.2) is 16.2 Å². The van der Waals surface area contributed by atoms with E-state index in [0.29, 0.717) is 5.75 Å². The van der Waals surface area contributed by atoms with E-state index >= 15 is 0 Å². The first kappa shape index (κ1) is 13.1. The van der Waals surface area contributed by atoms with Gasteiger partial charge in [-0.3, -0.25) is 5.32 Å². The molecule has 19 heavy (non-hydrogen) atoms. The van der Waals surface area contributed by atoms with E-state index in [2.05, 4.69) is 4.98 Å². The molecule has 0 unspecified atom stereocenters. The van der Waals surface area contributed by atoms with Crippen molar-refractivity contribution in [2.45, 2.75) is 0 Å². The van der Waals surface area contributed by atoms with Gasteiger partial charge in [0.05, 0.1) is 5.69 Å². The summed E-state index contributed by atoms with van der Waals surface area (Å²) in [7, 11) is 0. The zero-order valence-electron chi connectivity index (χ0n) is 9.43. The molecule has 0 saturated heterocycles. The monoisotopic (exact) mass is 282 g/mol. The van der Waals surface area contributed by atoms with Crippen molar-refractivity contribution < 1.29 is 19.0 Å². The van der Waals surface area contributed by atoms with Gasteiger partial charge in [0.2, 0.25) is 0 Å². The molecule has 0 saturated carbocycles. The van der Waals surface area contributed by atoms with Crippen LogP contribution in [0, 0.1) is 5.82 Å². The van der Waals surface area contributed by atoms with Crippen molar-refractivity contribution in [2.24, 2.45) is 0 Å². The maximum Gasteiger partial charge on any atom is 0.409 e. The molecule has 0 aliphatic carbocycles. The molecule has 0 aliphatic heterocycles. The van der Waals surface area contributed by atoms with Gasteiger partial charge in [0.1, 0.15) is 16.7 Å². The van der Waals surface area contributed by atoms with Gasteiger partial charge in [-0.25, -0.2) is 14.2 Å². The van der Waals surface area contributed by atoms with Crippen molar-refractivity contribution in [3.05, 3.63) is 47.5 Å². The number of carboxylic acid groups (broad SMARTS) is 1. The van der Waals surface area contributed by atoms with Gasteiger partial charge in [0.25, 0.3) is 0 Å². The van der Waals surface area contributed by atoms with Gasteiger partial charge in [0.15, 0.2) is 5.82 Å². The van der Waals surface area contributed by atoms with Gasteiger partial charge in [-0.1, -0.05) is 11.6 Å². The van der Waals surface area contributed by atoms with Crippen LogP contribution in [0.4, 0.5) is 14.9 Å². The molecule has 0 bridgehead atoms. The fourth-order valence-electron chi connectivity index (χ4n) is 1.36. The molecule has 0 aliphatic rings. The first-order valence-electron chi connectivity index (χ1n) is 5.13. The fraction of sp³-hybridized carbons (Fsp3) is 0. The van der Waals surface area contributed by atoms with Crippen LogP contribution in [0.15, 0.2) is 36.5 Å². The smallest absolute Gasteiger partial charge is 0.409 e. The number of rotatable bonds is 3. The minimum atomic E-state index is -1.34. The highest BCUT2D eigenvalue weighted by Gasteiger charge is 2.07. The van der Waals surface area contributed by atoms with Gasteiger partial charge >= 0.3 is 6.09 Å². The molecule has 2 N–H and O–H groups in total. The Morgan fingerprint density at radius 3 is 2.68 bits per heavy atom. The number of hydrogen-bond donors (Lipinski definition) is 2. The summed E-state index contributed by atoms with van der Waals surface area (Å²) in [6.07, 6.45) is 0.113. The van der Waals surface area contributed by atoms with Crippen LogP contribution >= 0.6 is 11.6 Å². The first-order chi connectivity index (χ1) is 9.04. The van der Waals surface area contributed by atoms with E-state index in [0.717, 1.165) is 6.07 Å². The average molecular weight is 283 g/mol. The lowest BCUT2D eigenvalue weighted by Gasteiger charge is -2.08. The number of benzene rings is 1. The van der Waals surface area contributed by atoms with Crippen LogP contribution in [0.3, 0.4) is 0 Å². The Hall–Kier alpha value is -2.34. The third-order valence-electron chi connectivity index (χ3n) is 2.12. The van der Waals surface area contributed by atoms with E-state index in [1.54, 1.807) is 6.07 Å². The lowest BCUT2D eigenvalue weighted by atomic mass is 10.3. The summed E-state index contributed by atoms with van der Waals surface area (Å²) in [6.45, 7) is 0. The molecule has 0 radical (unpaired) electrons. The Morgan fingerprint density at radius 2 is 2.05 bits per heavy atom. The zero-order valence-corrected chi connectivity index (χ0v) is 10.2. The molecule has 1 aromatic heterocycles. The van der Waals surface area contributed by atoms with Crippen molar-refractivity contribution in [3.8, 4) is 11.5 Å². The lowest BCUT2D eigenvalue weighted by Crippen LogP contribution is -2.08. The molecule has 0 spiro atoms. The van der Waals surface area contributed by atoms with Crippen LogP contribution in [0.2, 0.25) is 5.15 Å². The lowest BCUT2D eigenvalue weighted by molar-refractivity contribution is 0.209. The third-order valence-corrected chi connectivity index (χ3v) is 2.32. The molecule has 1 heterocycles. The molecule has 0 atom stereocenters. The molecular weight excluding hydrogens is 275 g/mol. The van der Waals surface area contributed by atoms with Crippen LogP contribution in [0.1, 0.15) is 0 Å². The highest BCUT2D eigenvalue weighted by molar-refractivity contribution is 6.29. The number of ether oxygens (including phenoxy) is 1. The second kappa shape index (κ2) is 5.53. The maximum atomic E-state index is 13.5. The standard InChI is InChI=1S/C12H8ClFN2O3/c13-11-6-8(3-4-15-11)19-7-1-2-10(9(14)5-7)16-12(17)18/h1-6,16H,(H,17,18). The van der Waals surface area contributed by atoms with Gasteiger partial charge < -0.3 is 9.84 Å². The number of halogens is 2. The summed E-state index contributed by atoms with van der Waals surface area (Å²) in [5, 5.41) is 10.7. The number of carbonyl (C=O) groups is 1. The molecule has 2 aromatic rings. The van der Waals surface area contributed by atoms with E-state index < -0.39 is 11.9 Å². The third kappa shape index (κ3) is 3.56. The first-order valence-corrected chi connectivity index (χ1v) is 5.51. The van der Waals surface area contributed by atoms with Gasteiger partial charge in [-0.15, -0.1) is 0 Å². The number of nitrogens with one attached hydrogen (secondary N) is 1. The van der Waals surface area contributed by atoms with Crippen molar-refractivity contribution in [1.82, 2.24) is 4.98 Å². The largest absolute Gasteiger partial charge is 0.465 e. The number of nitrogens with zero attached hydrogens (tertiary/aromatic N) is 1. The summed E-state index contributed by atoms with van der Waals surface area (Å²) in [4.78, 5) is 14.2. The number of anilines is 1. The van der Waals surface area contributed by atoms with E-state index in [9.17, 15) is 9.18 Å². The van der Waals surface area contributed by atoms with Gasteiger partial charge in [0, 0.05) is 18.3 Å². The Balaban J connectivity index is 2.18. The minimum absolute atomic E-state index is 0.146. The summed E-state index contributed by atoms with van der Waals surface area (Å²) in [5.41, 5.74) is -0.146. The van der Waals surface area contributed by atoms with Gasteiger partial charge in [-0.05, 0) is 18.2 Å². The fourth-order valence-corrected chi connectivity index (χ4v) is 1.52. The minimum Gasteiger partial charge on any atom is -0.465 e. The number of pyridine rings is 1. The molecular formula is C12H8ClFN2O3. The highest BCUT2D eigenvalue weighted by atomic mass is 35.5. The topological polar surface area (TPSA) is 71.5 Å². The van der Waals surface area contributed by atoms with E-state index in [1.807, 2.05) is 5.32 Å². The van der Waals surface area contributed by atoms with Crippen molar-refractivity contribution in [1.29, 1.82) is 0 Å². The van der Waals surface area contributed by atoms with Crippen LogP contribution in [-0.2, 0) is 0 Å². The van der Waals surface area contributed by atoms with Gasteiger partial charge in [-0.2, -0.15) is 0 Å². The van der Waals surface area contributed by atoms with Crippen LogP contribution < -0.4 is 10.1 Å². The Bertz CT molecular complexity index is 622. The summed E-state index contributed by atoms with van der Waals surface area (Å²) in [6, 6.07) is 6.81. The SMILES string of the molecule is O=C(O)Nc1ccc(Oc2ccnc(Cl)c2)cc1F. The quantitative estimate of drug-likeness (QED) is 0.841. The Kier molecular flexibility index (Phi) is 3.82. The summed E-state index contributed by atoms with van der Waals surface area (Å²) < 4.78 is 18.9. The van der Waals surface area contributed by atoms with E-state index in [1.165, 1.54) is 24.4 Å². The number of aromatic nitrogens is 1. The number of amides is 1. The molecule has 0 fully saturated rings. The van der Waals surface area contributed by atoms with Crippen molar-refractivity contribution in [2.75, 3.05) is 5.32 Å². The van der Waals surface area contributed by atoms with Crippen LogP contribution in [0.25, 0.3) is 0 Å². The zero-order chi connectivity index (χ0) is 13.8. The second-order valence-corrected chi connectivity index (χ2v) is 3.88. The van der Waals surface area contributed by atoms with Crippen LogP contribution in [0.5, 0.6) is 11.5 Å².